The lowest BCUT2D eigenvalue weighted by Gasteiger charge is -2.35. The molecule has 8 heteroatoms. The summed E-state index contributed by atoms with van der Waals surface area (Å²) in [6.07, 6.45) is 1.63. The molecular weight excluding hydrogens is 415 g/mol. The Balaban J connectivity index is 1.92. The molecular formula is C19H18BrFN4O2. The molecule has 1 atom stereocenters. The van der Waals surface area contributed by atoms with E-state index >= 15 is 0 Å². The second-order valence-electron chi connectivity index (χ2n) is 6.71. The summed E-state index contributed by atoms with van der Waals surface area (Å²) in [6, 6.07) is 7.84. The first-order valence-corrected chi connectivity index (χ1v) is 9.03. The van der Waals surface area contributed by atoms with Crippen LogP contribution in [0.4, 0.5) is 4.39 Å². The number of rotatable bonds is 4. The van der Waals surface area contributed by atoms with Crippen LogP contribution in [0, 0.1) is 5.82 Å². The Labute approximate surface area is 164 Å². The highest BCUT2D eigenvalue weighted by atomic mass is 79.9. The average molecular weight is 433 g/mol. The average Bonchev–Trinajstić information content (AvgIpc) is 2.61. The molecule has 2 heterocycles. The molecule has 27 heavy (non-hydrogen) atoms. The van der Waals surface area contributed by atoms with Crippen molar-refractivity contribution in [1.82, 2.24) is 9.88 Å². The Hall–Kier alpha value is -2.61. The number of aliphatic imine (C=N–C) groups is 1. The standard InChI is InChI=1S/C19H18BrFN4O2/c1-19(10-25(2)18(27)17(22)24-19)13-7-11(3-5-14(13)21)8-16(26)15-6-4-12(20)9-23-15/h3-7,9H,8,10H2,1-2H3,(H2,22,24). The number of carbonyl (C=O) groups is 2. The van der Waals surface area contributed by atoms with Crippen LogP contribution in [0.5, 0.6) is 0 Å². The molecule has 1 amide bonds. The van der Waals surface area contributed by atoms with Crippen LogP contribution in [0.1, 0.15) is 28.5 Å². The second-order valence-corrected chi connectivity index (χ2v) is 7.62. The molecule has 0 saturated heterocycles. The van der Waals surface area contributed by atoms with Crippen LogP contribution in [0.3, 0.4) is 0 Å². The predicted molar refractivity (Wildman–Crippen MR) is 103 cm³/mol. The van der Waals surface area contributed by atoms with Gasteiger partial charge in [-0.2, -0.15) is 0 Å². The minimum absolute atomic E-state index is 0.0754. The number of amidine groups is 1. The molecule has 0 radical (unpaired) electrons. The SMILES string of the molecule is CN1CC(C)(c2cc(CC(=O)c3ccc(Br)cn3)ccc2F)N=C(N)C1=O. The number of nitrogens with two attached hydrogens (primary N) is 1. The molecule has 0 fully saturated rings. The third-order valence-electron chi connectivity index (χ3n) is 4.47. The number of ketones is 1. The number of Topliss-reactive ketones (excluding diaryl/α,β-unsaturated/α-hetero) is 1. The fourth-order valence-corrected chi connectivity index (χ4v) is 3.37. The highest BCUT2D eigenvalue weighted by molar-refractivity contribution is 9.10. The maximum absolute atomic E-state index is 14.5. The van der Waals surface area contributed by atoms with Gasteiger partial charge in [0.1, 0.15) is 17.1 Å². The largest absolute Gasteiger partial charge is 0.379 e. The summed E-state index contributed by atoms with van der Waals surface area (Å²) < 4.78 is 15.3. The van der Waals surface area contributed by atoms with E-state index < -0.39 is 11.4 Å². The first-order valence-electron chi connectivity index (χ1n) is 8.24. The summed E-state index contributed by atoms with van der Waals surface area (Å²) in [5.41, 5.74) is 5.95. The number of benzene rings is 1. The topological polar surface area (TPSA) is 88.7 Å². The molecule has 3 rings (SSSR count). The molecule has 0 bridgehead atoms. The van der Waals surface area contributed by atoms with Crippen LogP contribution in [-0.4, -0.2) is 41.0 Å². The quantitative estimate of drug-likeness (QED) is 0.751. The molecule has 140 valence electrons. The maximum atomic E-state index is 14.5. The summed E-state index contributed by atoms with van der Waals surface area (Å²) in [4.78, 5) is 34.0. The number of hydrogen-bond acceptors (Lipinski definition) is 5. The third-order valence-corrected chi connectivity index (χ3v) is 4.94. The van der Waals surface area contributed by atoms with Crippen LogP contribution in [0.15, 0.2) is 46.0 Å². The first-order chi connectivity index (χ1) is 12.7. The molecule has 2 aromatic rings. The number of amides is 1. The van der Waals surface area contributed by atoms with E-state index in [4.69, 9.17) is 5.73 Å². The van der Waals surface area contributed by atoms with Crippen molar-refractivity contribution >= 4 is 33.5 Å². The summed E-state index contributed by atoms with van der Waals surface area (Å²) in [7, 11) is 1.59. The lowest BCUT2D eigenvalue weighted by molar-refractivity contribution is -0.124. The molecule has 0 aliphatic carbocycles. The number of halogens is 2. The van der Waals surface area contributed by atoms with E-state index in [2.05, 4.69) is 25.9 Å². The van der Waals surface area contributed by atoms with E-state index in [0.717, 1.165) is 4.47 Å². The highest BCUT2D eigenvalue weighted by Gasteiger charge is 2.37. The summed E-state index contributed by atoms with van der Waals surface area (Å²) in [5, 5.41) is 0. The zero-order valence-corrected chi connectivity index (χ0v) is 16.5. The Bertz CT molecular complexity index is 945. The summed E-state index contributed by atoms with van der Waals surface area (Å²) in [6.45, 7) is 1.90. The molecule has 1 aliphatic rings. The van der Waals surface area contributed by atoms with Crippen LogP contribution in [-0.2, 0) is 16.8 Å². The molecule has 1 aromatic heterocycles. The number of hydrogen-bond donors (Lipinski definition) is 1. The summed E-state index contributed by atoms with van der Waals surface area (Å²) in [5.74, 6) is -1.19. The second kappa shape index (κ2) is 7.19. The Morgan fingerprint density at radius 2 is 2.11 bits per heavy atom. The molecule has 1 aliphatic heterocycles. The van der Waals surface area contributed by atoms with E-state index in [-0.39, 0.29) is 30.5 Å². The van der Waals surface area contributed by atoms with Crippen molar-refractivity contribution in [3.8, 4) is 0 Å². The van der Waals surface area contributed by atoms with Crippen LogP contribution >= 0.6 is 15.9 Å². The Morgan fingerprint density at radius 3 is 2.74 bits per heavy atom. The van der Waals surface area contributed by atoms with Crippen LogP contribution in [0.25, 0.3) is 0 Å². The predicted octanol–water partition coefficient (Wildman–Crippen LogP) is 2.45. The highest BCUT2D eigenvalue weighted by Crippen LogP contribution is 2.32. The molecule has 2 N–H and O–H groups in total. The van der Waals surface area contributed by atoms with E-state index in [1.807, 2.05) is 0 Å². The molecule has 0 spiro atoms. The van der Waals surface area contributed by atoms with Crippen LogP contribution in [0.2, 0.25) is 0 Å². The number of nitrogens with zero attached hydrogens (tertiary/aromatic N) is 3. The van der Waals surface area contributed by atoms with Crippen LogP contribution < -0.4 is 5.73 Å². The summed E-state index contributed by atoms with van der Waals surface area (Å²) >= 11 is 3.28. The van der Waals surface area contributed by atoms with Crippen molar-refractivity contribution in [2.75, 3.05) is 13.6 Å². The number of likely N-dealkylation sites (N-methyl/N-ethyl adjacent to an activating group) is 1. The monoisotopic (exact) mass is 432 g/mol. The number of carbonyl (C=O) groups excluding carboxylic acids is 2. The van der Waals surface area contributed by atoms with Gasteiger partial charge in [-0.05, 0) is 52.7 Å². The van der Waals surface area contributed by atoms with Crippen molar-refractivity contribution in [1.29, 1.82) is 0 Å². The van der Waals surface area contributed by atoms with Gasteiger partial charge in [0.05, 0.1) is 6.54 Å². The van der Waals surface area contributed by atoms with Crippen molar-refractivity contribution < 1.29 is 14.0 Å². The van der Waals surface area contributed by atoms with E-state index in [0.29, 0.717) is 16.8 Å². The van der Waals surface area contributed by atoms with Gasteiger partial charge in [0.25, 0.3) is 5.91 Å². The van der Waals surface area contributed by atoms with Gasteiger partial charge in [-0.15, -0.1) is 0 Å². The zero-order chi connectivity index (χ0) is 19.8. The molecule has 0 saturated carbocycles. The van der Waals surface area contributed by atoms with Gasteiger partial charge in [0, 0.05) is 29.7 Å². The van der Waals surface area contributed by atoms with E-state index in [1.165, 1.54) is 11.0 Å². The molecule has 1 unspecified atom stereocenters. The lowest BCUT2D eigenvalue weighted by Crippen LogP contribution is -2.50. The van der Waals surface area contributed by atoms with Gasteiger partial charge in [-0.25, -0.2) is 4.39 Å². The Kier molecular flexibility index (Phi) is 5.10. The fraction of sp³-hybridized carbons (Fsp3) is 0.263. The first kappa shape index (κ1) is 19.2. The fourth-order valence-electron chi connectivity index (χ4n) is 3.14. The van der Waals surface area contributed by atoms with Gasteiger partial charge in [-0.1, -0.05) is 6.07 Å². The van der Waals surface area contributed by atoms with Gasteiger partial charge in [-0.3, -0.25) is 19.6 Å². The maximum Gasteiger partial charge on any atom is 0.288 e. The third kappa shape index (κ3) is 3.90. The minimum atomic E-state index is -1.02. The van der Waals surface area contributed by atoms with Crippen molar-refractivity contribution in [3.63, 3.8) is 0 Å². The van der Waals surface area contributed by atoms with Crippen molar-refractivity contribution in [3.05, 3.63) is 63.6 Å². The van der Waals surface area contributed by atoms with Crippen molar-refractivity contribution in [2.45, 2.75) is 18.9 Å². The van der Waals surface area contributed by atoms with Gasteiger partial charge >= 0.3 is 0 Å². The lowest BCUT2D eigenvalue weighted by atomic mass is 9.88. The molecule has 6 nitrogen and oxygen atoms in total. The van der Waals surface area contributed by atoms with E-state index in [1.54, 1.807) is 44.4 Å². The molecule has 1 aromatic carbocycles. The van der Waals surface area contributed by atoms with Crippen molar-refractivity contribution in [2.24, 2.45) is 10.7 Å². The zero-order valence-electron chi connectivity index (χ0n) is 14.9. The Morgan fingerprint density at radius 1 is 1.37 bits per heavy atom. The smallest absolute Gasteiger partial charge is 0.288 e. The minimum Gasteiger partial charge on any atom is -0.379 e. The van der Waals surface area contributed by atoms with E-state index in [9.17, 15) is 14.0 Å². The number of pyridine rings is 1. The normalized spacial score (nSPS) is 19.8. The van der Waals surface area contributed by atoms with Gasteiger partial charge < -0.3 is 10.6 Å². The van der Waals surface area contributed by atoms with Gasteiger partial charge in [0.15, 0.2) is 11.6 Å². The van der Waals surface area contributed by atoms with Gasteiger partial charge in [0.2, 0.25) is 0 Å². The number of aromatic nitrogens is 1.